The van der Waals surface area contributed by atoms with Crippen molar-refractivity contribution in [2.75, 3.05) is 0 Å². The molecule has 0 bridgehead atoms. The first kappa shape index (κ1) is 21.3. The van der Waals surface area contributed by atoms with Gasteiger partial charge in [0.25, 0.3) is 0 Å². The number of amides is 1. The molecule has 0 aromatic heterocycles. The van der Waals surface area contributed by atoms with Crippen molar-refractivity contribution in [3.05, 3.63) is 108 Å². The zero-order chi connectivity index (χ0) is 20.6. The fourth-order valence-electron chi connectivity index (χ4n) is 2.07. The van der Waals surface area contributed by atoms with Crippen molar-refractivity contribution >= 4 is 12.0 Å². The zero-order valence-corrected chi connectivity index (χ0v) is 15.7. The minimum absolute atomic E-state index is 0.286. The van der Waals surface area contributed by atoms with Gasteiger partial charge < -0.3 is 10.6 Å². The van der Waals surface area contributed by atoms with Crippen LogP contribution in [0.4, 0.5) is 0 Å². The van der Waals surface area contributed by atoms with Crippen molar-refractivity contribution < 1.29 is 14.7 Å². The Labute approximate surface area is 169 Å². The van der Waals surface area contributed by atoms with Gasteiger partial charge in [-0.05, 0) is 34.9 Å². The van der Waals surface area contributed by atoms with E-state index in [-0.39, 0.29) is 5.57 Å². The van der Waals surface area contributed by atoms with E-state index >= 15 is 0 Å². The summed E-state index contributed by atoms with van der Waals surface area (Å²) in [4.78, 5) is 21.4. The first-order chi connectivity index (χ1) is 14.3. The summed E-state index contributed by atoms with van der Waals surface area (Å²) >= 11 is 0. The van der Waals surface area contributed by atoms with E-state index in [2.05, 4.69) is 15.9 Å². The van der Waals surface area contributed by atoms with E-state index in [0.717, 1.165) is 12.0 Å². The number of fused-ring (bicyclic) bond motifs is 1. The lowest BCUT2D eigenvalue weighted by atomic mass is 10.2. The lowest BCUT2D eigenvalue weighted by Crippen LogP contribution is -2.12. The fourth-order valence-corrected chi connectivity index (χ4v) is 2.07. The third kappa shape index (κ3) is 8.98. The van der Waals surface area contributed by atoms with E-state index in [4.69, 9.17) is 15.6 Å². The summed E-state index contributed by atoms with van der Waals surface area (Å²) in [5, 5.41) is 7.24. The van der Waals surface area contributed by atoms with Crippen molar-refractivity contribution in [2.45, 2.75) is 6.42 Å². The van der Waals surface area contributed by atoms with E-state index < -0.39 is 5.91 Å². The van der Waals surface area contributed by atoms with Gasteiger partial charge in [-0.25, -0.2) is 0 Å². The monoisotopic (exact) mass is 390 g/mol. The van der Waals surface area contributed by atoms with Crippen LogP contribution in [0.1, 0.15) is 12.0 Å². The topological polar surface area (TPSA) is 98.3 Å². The third-order valence-corrected chi connectivity index (χ3v) is 3.44. The molecule has 1 aliphatic rings. The van der Waals surface area contributed by atoms with Gasteiger partial charge in [0, 0.05) is 11.1 Å². The molecular weight excluding hydrogens is 368 g/mol. The SMILES string of the molecule is NC(=O)C1=C/C=C\C\C=C/C=C\C=C/C=C\c2ccccc2OONN=N/C=C\1. The molecule has 0 unspecified atom stereocenters. The summed E-state index contributed by atoms with van der Waals surface area (Å²) in [6.07, 6.45) is 24.1. The average Bonchev–Trinajstić information content (AvgIpc) is 2.72. The standard InChI is InChI=1S/C22H22N4O3/c23-22(27)20-15-10-8-6-4-2-1-3-5-7-9-13-19-14-11-12-16-21(19)28-29-26-25-24-18-17-20/h1-5,7-18H,6H2,(H2,23,27)(H,24,26)/b3-1-,4-2-,7-5-,10-8-,13-9-,18-17-,20-15+. The largest absolute Gasteiger partial charge is 0.366 e. The molecule has 148 valence electrons. The van der Waals surface area contributed by atoms with Gasteiger partial charge in [-0.1, -0.05) is 79.0 Å². The Morgan fingerprint density at radius 1 is 0.966 bits per heavy atom. The summed E-state index contributed by atoms with van der Waals surface area (Å²) in [5.41, 5.74) is 8.63. The van der Waals surface area contributed by atoms with Crippen LogP contribution in [0.5, 0.6) is 5.75 Å². The summed E-state index contributed by atoms with van der Waals surface area (Å²) in [6, 6.07) is 7.35. The molecule has 7 heteroatoms. The number of allylic oxidation sites excluding steroid dienone is 10. The molecule has 7 nitrogen and oxygen atoms in total. The Balaban J connectivity index is 2.14. The normalized spacial score (nSPS) is 23.8. The lowest BCUT2D eigenvalue weighted by Gasteiger charge is -2.04. The van der Waals surface area contributed by atoms with E-state index in [0.29, 0.717) is 5.75 Å². The van der Waals surface area contributed by atoms with Gasteiger partial charge in [-0.2, -0.15) is 0 Å². The van der Waals surface area contributed by atoms with Crippen molar-refractivity contribution in [3.8, 4) is 5.75 Å². The van der Waals surface area contributed by atoms with Gasteiger partial charge in [0.05, 0.1) is 6.20 Å². The van der Waals surface area contributed by atoms with Gasteiger partial charge in [0.15, 0.2) is 5.75 Å². The van der Waals surface area contributed by atoms with Crippen LogP contribution in [-0.2, 0) is 9.78 Å². The van der Waals surface area contributed by atoms with Gasteiger partial charge in [-0.3, -0.25) is 4.79 Å². The number of rotatable bonds is 1. The molecule has 1 aromatic rings. The number of nitrogens with zero attached hydrogens (tertiary/aromatic N) is 2. The maximum Gasteiger partial charge on any atom is 0.248 e. The molecule has 0 atom stereocenters. The molecule has 0 spiro atoms. The Morgan fingerprint density at radius 2 is 1.72 bits per heavy atom. The van der Waals surface area contributed by atoms with Crippen LogP contribution >= 0.6 is 0 Å². The van der Waals surface area contributed by atoms with Crippen molar-refractivity contribution in [1.29, 1.82) is 0 Å². The molecule has 1 aromatic carbocycles. The quantitative estimate of drug-likeness (QED) is 0.693. The van der Waals surface area contributed by atoms with Crippen molar-refractivity contribution in [1.82, 2.24) is 5.59 Å². The first-order valence-electron chi connectivity index (χ1n) is 8.84. The Hall–Kier alpha value is -3.97. The van der Waals surface area contributed by atoms with Gasteiger partial charge in [-0.15, -0.1) is 10.7 Å². The minimum Gasteiger partial charge on any atom is -0.366 e. The summed E-state index contributed by atoms with van der Waals surface area (Å²) < 4.78 is 0. The molecule has 0 fully saturated rings. The van der Waals surface area contributed by atoms with Crippen LogP contribution in [0, 0.1) is 0 Å². The maximum atomic E-state index is 11.4. The molecule has 2 rings (SSSR count). The van der Waals surface area contributed by atoms with E-state index in [1.54, 1.807) is 18.2 Å². The van der Waals surface area contributed by atoms with Crippen LogP contribution in [-0.4, -0.2) is 5.91 Å². The lowest BCUT2D eigenvalue weighted by molar-refractivity contribution is -0.259. The van der Waals surface area contributed by atoms with Crippen LogP contribution in [0.3, 0.4) is 0 Å². The van der Waals surface area contributed by atoms with Gasteiger partial charge in [0.1, 0.15) is 0 Å². The summed E-state index contributed by atoms with van der Waals surface area (Å²) in [7, 11) is 0. The highest BCUT2D eigenvalue weighted by Gasteiger charge is 2.00. The summed E-state index contributed by atoms with van der Waals surface area (Å²) in [5.74, 6) is -0.0697. The highest BCUT2D eigenvalue weighted by atomic mass is 17.3. The molecule has 3 N–H and O–H groups in total. The predicted molar refractivity (Wildman–Crippen MR) is 113 cm³/mol. The third-order valence-electron chi connectivity index (χ3n) is 3.44. The Kier molecular flexibility index (Phi) is 9.74. The number of nitrogens with two attached hydrogens (primary N) is 1. The molecular formula is C22H22N4O3. The highest BCUT2D eigenvalue weighted by molar-refractivity contribution is 5.95. The van der Waals surface area contributed by atoms with E-state index in [9.17, 15) is 4.79 Å². The molecule has 0 aliphatic carbocycles. The van der Waals surface area contributed by atoms with Crippen LogP contribution in [0.2, 0.25) is 0 Å². The second kappa shape index (κ2) is 13.2. The molecule has 1 aliphatic heterocycles. The van der Waals surface area contributed by atoms with Crippen molar-refractivity contribution in [3.63, 3.8) is 0 Å². The predicted octanol–water partition coefficient (Wildman–Crippen LogP) is 4.44. The van der Waals surface area contributed by atoms with Gasteiger partial charge in [0.2, 0.25) is 5.91 Å². The number of primary amides is 1. The maximum absolute atomic E-state index is 11.4. The van der Waals surface area contributed by atoms with Gasteiger partial charge >= 0.3 is 0 Å². The number of hydrogen-bond acceptors (Lipinski definition) is 6. The fraction of sp³-hybridized carbons (Fsp3) is 0.0455. The molecule has 0 radical (unpaired) electrons. The molecule has 0 saturated heterocycles. The Morgan fingerprint density at radius 3 is 2.59 bits per heavy atom. The zero-order valence-electron chi connectivity index (χ0n) is 15.7. The number of para-hydroxylation sites is 1. The van der Waals surface area contributed by atoms with Crippen LogP contribution < -0.4 is 16.2 Å². The van der Waals surface area contributed by atoms with Crippen LogP contribution in [0.25, 0.3) is 6.08 Å². The number of nitrogens with one attached hydrogen (secondary N) is 1. The summed E-state index contributed by atoms with van der Waals surface area (Å²) in [6.45, 7) is 0. The first-order valence-corrected chi connectivity index (χ1v) is 8.84. The molecule has 0 saturated carbocycles. The molecule has 1 heterocycles. The number of carbonyl (C=O) groups excluding carboxylic acids is 1. The van der Waals surface area contributed by atoms with Crippen LogP contribution in [0.15, 0.2) is 113 Å². The smallest absolute Gasteiger partial charge is 0.248 e. The minimum atomic E-state index is -0.571. The average molecular weight is 390 g/mol. The van der Waals surface area contributed by atoms with E-state index in [1.165, 1.54) is 12.3 Å². The number of benzene rings is 1. The highest BCUT2D eigenvalue weighted by Crippen LogP contribution is 2.19. The number of carbonyl (C=O) groups is 1. The molecule has 29 heavy (non-hydrogen) atoms. The second-order valence-corrected chi connectivity index (χ2v) is 5.53. The molecule has 1 amide bonds. The van der Waals surface area contributed by atoms with E-state index in [1.807, 2.05) is 72.9 Å². The second-order valence-electron chi connectivity index (χ2n) is 5.53. The van der Waals surface area contributed by atoms with Crippen molar-refractivity contribution in [2.24, 2.45) is 16.1 Å². The number of hydrogen-bond donors (Lipinski definition) is 2. The Bertz CT molecular complexity index is 906.